The van der Waals surface area contributed by atoms with Crippen LogP contribution >= 0.6 is 0 Å². The molecule has 0 aromatic carbocycles. The van der Waals surface area contributed by atoms with E-state index in [2.05, 4.69) is 32.3 Å². The summed E-state index contributed by atoms with van der Waals surface area (Å²) in [6.07, 6.45) is 0. The molecule has 0 aliphatic rings. The fourth-order valence-electron chi connectivity index (χ4n) is 1.08. The smallest absolute Gasteiger partial charge is 0.0345 e. The van der Waals surface area contributed by atoms with E-state index in [0.29, 0.717) is 6.04 Å². The van der Waals surface area contributed by atoms with E-state index in [1.54, 1.807) is 0 Å². The Morgan fingerprint density at radius 1 is 1.50 bits per heavy atom. The SMILES string of the molecule is C=C([SiH3])C(C)N(CC)CC. The average molecular weight is 157 g/mol. The van der Waals surface area contributed by atoms with E-state index in [-0.39, 0.29) is 0 Å². The van der Waals surface area contributed by atoms with Crippen molar-refractivity contribution >= 4 is 10.2 Å². The summed E-state index contributed by atoms with van der Waals surface area (Å²) >= 11 is 0. The minimum absolute atomic E-state index is 0.599. The molecule has 0 amide bonds. The Balaban J connectivity index is 3.88. The third-order valence-electron chi connectivity index (χ3n) is 2.07. The molecule has 0 aromatic heterocycles. The number of hydrogen-bond acceptors (Lipinski definition) is 1. The van der Waals surface area contributed by atoms with Gasteiger partial charge >= 0.3 is 0 Å². The van der Waals surface area contributed by atoms with Gasteiger partial charge < -0.3 is 0 Å². The number of nitrogens with zero attached hydrogens (tertiary/aromatic N) is 1. The van der Waals surface area contributed by atoms with Crippen molar-refractivity contribution in [3.8, 4) is 0 Å². The van der Waals surface area contributed by atoms with E-state index < -0.39 is 0 Å². The molecular weight excluding hydrogens is 138 g/mol. The van der Waals surface area contributed by atoms with E-state index in [9.17, 15) is 0 Å². The topological polar surface area (TPSA) is 3.24 Å². The molecule has 1 atom stereocenters. The second kappa shape index (κ2) is 4.69. The van der Waals surface area contributed by atoms with Crippen LogP contribution in [0.25, 0.3) is 0 Å². The average Bonchev–Trinajstić information content (AvgIpc) is 1.90. The van der Waals surface area contributed by atoms with Crippen LogP contribution < -0.4 is 0 Å². The molecule has 60 valence electrons. The van der Waals surface area contributed by atoms with Gasteiger partial charge in [-0.25, -0.2) is 0 Å². The maximum atomic E-state index is 3.99. The highest BCUT2D eigenvalue weighted by atomic mass is 28.1. The molecule has 0 spiro atoms. The van der Waals surface area contributed by atoms with Gasteiger partial charge in [0.05, 0.1) is 0 Å². The van der Waals surface area contributed by atoms with Crippen molar-refractivity contribution in [2.75, 3.05) is 13.1 Å². The lowest BCUT2D eigenvalue weighted by Gasteiger charge is -2.26. The van der Waals surface area contributed by atoms with Gasteiger partial charge in [0.15, 0.2) is 0 Å². The quantitative estimate of drug-likeness (QED) is 0.540. The Morgan fingerprint density at radius 3 is 2.00 bits per heavy atom. The fourth-order valence-corrected chi connectivity index (χ4v) is 1.45. The van der Waals surface area contributed by atoms with Gasteiger partial charge in [-0.15, -0.1) is 6.58 Å². The van der Waals surface area contributed by atoms with Gasteiger partial charge in [-0.2, -0.15) is 0 Å². The van der Waals surface area contributed by atoms with Crippen molar-refractivity contribution in [3.63, 3.8) is 0 Å². The largest absolute Gasteiger partial charge is 0.298 e. The van der Waals surface area contributed by atoms with Crippen LogP contribution in [-0.4, -0.2) is 34.3 Å². The number of hydrogen-bond donors (Lipinski definition) is 0. The molecule has 2 heteroatoms. The van der Waals surface area contributed by atoms with E-state index in [1.807, 2.05) is 0 Å². The molecule has 10 heavy (non-hydrogen) atoms. The molecule has 0 N–H and O–H groups in total. The molecule has 0 aromatic rings. The van der Waals surface area contributed by atoms with Crippen LogP contribution in [0.15, 0.2) is 11.8 Å². The monoisotopic (exact) mass is 157 g/mol. The molecular formula is C8H19NSi. The summed E-state index contributed by atoms with van der Waals surface area (Å²) in [7, 11) is 1.12. The lowest BCUT2D eigenvalue weighted by molar-refractivity contribution is 0.265. The highest BCUT2D eigenvalue weighted by molar-refractivity contribution is 6.21. The second-order valence-electron chi connectivity index (χ2n) is 2.74. The summed E-state index contributed by atoms with van der Waals surface area (Å²) in [5.41, 5.74) is 0. The predicted molar refractivity (Wildman–Crippen MR) is 51.5 cm³/mol. The molecule has 0 bridgehead atoms. The van der Waals surface area contributed by atoms with Crippen LogP contribution in [0.1, 0.15) is 20.8 Å². The Bertz CT molecular complexity index is 108. The summed E-state index contributed by atoms with van der Waals surface area (Å²) in [6, 6.07) is 0.599. The van der Waals surface area contributed by atoms with Crippen molar-refractivity contribution in [2.24, 2.45) is 0 Å². The van der Waals surface area contributed by atoms with Gasteiger partial charge in [-0.1, -0.05) is 19.0 Å². The number of likely N-dealkylation sites (N-methyl/N-ethyl adjacent to an activating group) is 1. The zero-order valence-electron chi connectivity index (χ0n) is 7.65. The van der Waals surface area contributed by atoms with Crippen LogP contribution in [0, 0.1) is 0 Å². The van der Waals surface area contributed by atoms with Crippen molar-refractivity contribution in [2.45, 2.75) is 26.8 Å². The Labute approximate surface area is 67.5 Å². The van der Waals surface area contributed by atoms with E-state index in [4.69, 9.17) is 0 Å². The first kappa shape index (κ1) is 9.92. The third kappa shape index (κ3) is 2.67. The highest BCUT2D eigenvalue weighted by Crippen LogP contribution is 2.03. The zero-order valence-corrected chi connectivity index (χ0v) is 9.65. The third-order valence-corrected chi connectivity index (χ3v) is 2.91. The van der Waals surface area contributed by atoms with Crippen molar-refractivity contribution in [1.29, 1.82) is 0 Å². The summed E-state index contributed by atoms with van der Waals surface area (Å²) in [5.74, 6) is 0. The molecule has 0 saturated carbocycles. The van der Waals surface area contributed by atoms with Crippen molar-refractivity contribution in [1.82, 2.24) is 4.90 Å². The molecule has 0 radical (unpaired) electrons. The summed E-state index contributed by atoms with van der Waals surface area (Å²) in [4.78, 5) is 2.43. The van der Waals surface area contributed by atoms with Gasteiger partial charge in [-0.05, 0) is 20.0 Å². The molecule has 0 heterocycles. The molecule has 0 rings (SSSR count). The zero-order chi connectivity index (χ0) is 8.15. The molecule has 0 aliphatic heterocycles. The first-order chi connectivity index (χ1) is 4.63. The number of rotatable bonds is 4. The lowest BCUT2D eigenvalue weighted by Crippen LogP contribution is -2.33. The van der Waals surface area contributed by atoms with Crippen LogP contribution in [0.4, 0.5) is 0 Å². The Hall–Kier alpha value is -0.0831. The summed E-state index contributed by atoms with van der Waals surface area (Å²) in [5, 5.41) is 1.39. The van der Waals surface area contributed by atoms with Crippen LogP contribution in [0.5, 0.6) is 0 Å². The molecule has 0 fully saturated rings. The normalized spacial score (nSPS) is 14.0. The van der Waals surface area contributed by atoms with Gasteiger partial charge in [0.2, 0.25) is 0 Å². The van der Waals surface area contributed by atoms with Gasteiger partial charge in [0.25, 0.3) is 0 Å². The van der Waals surface area contributed by atoms with Gasteiger partial charge in [0, 0.05) is 16.3 Å². The van der Waals surface area contributed by atoms with E-state index in [1.165, 1.54) is 5.20 Å². The van der Waals surface area contributed by atoms with Crippen LogP contribution in [0.2, 0.25) is 0 Å². The van der Waals surface area contributed by atoms with Crippen LogP contribution in [0.3, 0.4) is 0 Å². The molecule has 0 aliphatic carbocycles. The van der Waals surface area contributed by atoms with E-state index >= 15 is 0 Å². The first-order valence-corrected chi connectivity index (χ1v) is 5.02. The van der Waals surface area contributed by atoms with Gasteiger partial charge in [-0.3, -0.25) is 4.90 Å². The second-order valence-corrected chi connectivity index (χ2v) is 4.03. The van der Waals surface area contributed by atoms with E-state index in [0.717, 1.165) is 23.3 Å². The summed E-state index contributed by atoms with van der Waals surface area (Å²) < 4.78 is 0. The standard InChI is InChI=1S/C8H19NSi/c1-5-9(6-2)7(3)8(4)10/h7H,4-6H2,1-3,10H3. The molecule has 0 saturated heterocycles. The Kier molecular flexibility index (Phi) is 4.65. The minimum atomic E-state index is 0.599. The summed E-state index contributed by atoms with van der Waals surface area (Å²) in [6.45, 7) is 12.9. The van der Waals surface area contributed by atoms with Gasteiger partial charge in [0.1, 0.15) is 0 Å². The molecule has 1 nitrogen and oxygen atoms in total. The van der Waals surface area contributed by atoms with Crippen molar-refractivity contribution in [3.05, 3.63) is 11.8 Å². The Morgan fingerprint density at radius 2 is 1.90 bits per heavy atom. The maximum absolute atomic E-state index is 3.99. The predicted octanol–water partition coefficient (Wildman–Crippen LogP) is 0.596. The van der Waals surface area contributed by atoms with Crippen molar-refractivity contribution < 1.29 is 0 Å². The lowest BCUT2D eigenvalue weighted by atomic mass is 10.3. The van der Waals surface area contributed by atoms with Crippen LogP contribution in [-0.2, 0) is 0 Å². The molecule has 1 unspecified atom stereocenters. The maximum Gasteiger partial charge on any atom is 0.0345 e. The minimum Gasteiger partial charge on any atom is -0.298 e. The fraction of sp³-hybridized carbons (Fsp3) is 0.750. The highest BCUT2D eigenvalue weighted by Gasteiger charge is 2.08. The first-order valence-electron chi connectivity index (χ1n) is 4.02.